The van der Waals surface area contributed by atoms with Gasteiger partial charge in [-0.3, -0.25) is 4.79 Å². The van der Waals surface area contributed by atoms with Crippen molar-refractivity contribution in [3.8, 4) is 0 Å². The highest BCUT2D eigenvalue weighted by atomic mass is 16.5. The lowest BCUT2D eigenvalue weighted by molar-refractivity contribution is 0.101. The molecule has 1 atom stereocenters. The molecule has 3 N–H and O–H groups in total. The average molecular weight is 325 g/mol. The van der Waals surface area contributed by atoms with Crippen molar-refractivity contribution in [2.45, 2.75) is 25.8 Å². The summed E-state index contributed by atoms with van der Waals surface area (Å²) in [5, 5.41) is 3.11. The predicted octanol–water partition coefficient (Wildman–Crippen LogP) is 2.07. The first-order chi connectivity index (χ1) is 11.6. The minimum absolute atomic E-state index is 0.0512. The minimum Gasteiger partial charge on any atom is -0.463 e. The zero-order valence-electron chi connectivity index (χ0n) is 13.4. The fourth-order valence-corrected chi connectivity index (χ4v) is 2.38. The first kappa shape index (κ1) is 15.9. The molecule has 0 fully saturated rings. The molecule has 1 aromatic heterocycles. The standard InChI is InChI=1S/C17H19N5O2/c1-11(23)13-8-19-17(20-9-13)22-14-5-2-12(3-6-14)4-7-15-10-24-16(18)21-15/h2-3,5-6,8-9,15H,4,7,10H2,1H3,(H2,18,21)(H,19,20,22)/t15-/m0/s1. The van der Waals surface area contributed by atoms with Crippen molar-refractivity contribution < 1.29 is 9.53 Å². The normalized spacial score (nSPS) is 16.4. The molecule has 0 saturated carbocycles. The zero-order chi connectivity index (χ0) is 16.9. The number of Topliss-reactive ketones (excluding diaryl/α,β-unsaturated/α-hetero) is 1. The predicted molar refractivity (Wildman–Crippen MR) is 91.4 cm³/mol. The molecule has 0 amide bonds. The number of amidine groups is 1. The SMILES string of the molecule is CC(=O)c1cnc(Nc2ccc(CC[C@H]3COC(N)=N3)cc2)nc1. The Morgan fingerprint density at radius 2 is 2.00 bits per heavy atom. The van der Waals surface area contributed by atoms with Crippen LogP contribution in [-0.4, -0.2) is 34.4 Å². The Balaban J connectivity index is 1.55. The maximum atomic E-state index is 11.2. The number of carbonyl (C=O) groups is 1. The van der Waals surface area contributed by atoms with E-state index >= 15 is 0 Å². The Kier molecular flexibility index (Phi) is 4.69. The molecule has 7 heteroatoms. The molecule has 3 rings (SSSR count). The summed E-state index contributed by atoms with van der Waals surface area (Å²) in [5.74, 6) is 0.408. The summed E-state index contributed by atoms with van der Waals surface area (Å²) in [6.07, 6.45) is 4.85. The van der Waals surface area contributed by atoms with Crippen LogP contribution >= 0.6 is 0 Å². The summed E-state index contributed by atoms with van der Waals surface area (Å²) in [7, 11) is 0. The Morgan fingerprint density at radius 3 is 2.58 bits per heavy atom. The third kappa shape index (κ3) is 4.07. The highest BCUT2D eigenvalue weighted by molar-refractivity contribution is 5.93. The van der Waals surface area contributed by atoms with E-state index in [1.165, 1.54) is 24.9 Å². The Bertz CT molecular complexity index is 741. The highest BCUT2D eigenvalue weighted by Gasteiger charge is 2.16. The first-order valence-corrected chi connectivity index (χ1v) is 7.75. The number of ketones is 1. The van der Waals surface area contributed by atoms with Crippen molar-refractivity contribution in [1.82, 2.24) is 9.97 Å². The number of nitrogens with zero attached hydrogens (tertiary/aromatic N) is 3. The van der Waals surface area contributed by atoms with Gasteiger partial charge in [-0.1, -0.05) is 12.1 Å². The van der Waals surface area contributed by atoms with Gasteiger partial charge in [0.15, 0.2) is 5.78 Å². The van der Waals surface area contributed by atoms with Gasteiger partial charge in [-0.2, -0.15) is 0 Å². The second-order valence-corrected chi connectivity index (χ2v) is 5.64. The second kappa shape index (κ2) is 7.08. The van der Waals surface area contributed by atoms with Crippen LogP contribution in [0.15, 0.2) is 41.7 Å². The van der Waals surface area contributed by atoms with Crippen molar-refractivity contribution in [1.29, 1.82) is 0 Å². The van der Waals surface area contributed by atoms with Gasteiger partial charge in [0.25, 0.3) is 6.02 Å². The van der Waals surface area contributed by atoms with Crippen molar-refractivity contribution in [3.63, 3.8) is 0 Å². The largest absolute Gasteiger partial charge is 0.463 e. The second-order valence-electron chi connectivity index (χ2n) is 5.64. The van der Waals surface area contributed by atoms with Crippen LogP contribution in [0.5, 0.6) is 0 Å². The fourth-order valence-electron chi connectivity index (χ4n) is 2.38. The van der Waals surface area contributed by atoms with Crippen LogP contribution in [0.1, 0.15) is 29.3 Å². The van der Waals surface area contributed by atoms with Crippen LogP contribution in [0.4, 0.5) is 11.6 Å². The van der Waals surface area contributed by atoms with Crippen LogP contribution in [-0.2, 0) is 11.2 Å². The van der Waals surface area contributed by atoms with Crippen molar-refractivity contribution >= 4 is 23.4 Å². The molecule has 0 unspecified atom stereocenters. The number of benzene rings is 1. The van der Waals surface area contributed by atoms with Gasteiger partial charge in [-0.25, -0.2) is 15.0 Å². The van der Waals surface area contributed by atoms with Gasteiger partial charge in [0.2, 0.25) is 5.95 Å². The van der Waals surface area contributed by atoms with Crippen LogP contribution in [0.2, 0.25) is 0 Å². The number of aliphatic imine (C=N–C) groups is 1. The van der Waals surface area contributed by atoms with E-state index in [1.54, 1.807) is 0 Å². The minimum atomic E-state index is -0.0512. The van der Waals surface area contributed by atoms with Gasteiger partial charge in [0.05, 0.1) is 11.6 Å². The van der Waals surface area contributed by atoms with Crippen LogP contribution in [0.25, 0.3) is 0 Å². The lowest BCUT2D eigenvalue weighted by Crippen LogP contribution is -2.10. The maximum absolute atomic E-state index is 11.2. The number of ether oxygens (including phenoxy) is 1. The molecule has 0 bridgehead atoms. The molecule has 2 aromatic rings. The topological polar surface area (TPSA) is 102 Å². The highest BCUT2D eigenvalue weighted by Crippen LogP contribution is 2.16. The molecule has 0 aliphatic carbocycles. The van der Waals surface area contributed by atoms with Gasteiger partial charge in [-0.15, -0.1) is 0 Å². The summed E-state index contributed by atoms with van der Waals surface area (Å²) >= 11 is 0. The van der Waals surface area contributed by atoms with Crippen LogP contribution < -0.4 is 11.1 Å². The molecule has 7 nitrogen and oxygen atoms in total. The smallest absolute Gasteiger partial charge is 0.282 e. The number of nitrogens with two attached hydrogens (primary N) is 1. The van der Waals surface area contributed by atoms with Crippen LogP contribution in [0.3, 0.4) is 0 Å². The van der Waals surface area contributed by atoms with Gasteiger partial charge in [-0.05, 0) is 37.5 Å². The zero-order valence-corrected chi connectivity index (χ0v) is 13.4. The molecule has 2 heterocycles. The Labute approximate surface area is 140 Å². The number of hydrogen-bond acceptors (Lipinski definition) is 7. The van der Waals surface area contributed by atoms with E-state index in [0.29, 0.717) is 18.1 Å². The summed E-state index contributed by atoms with van der Waals surface area (Å²) in [6, 6.07) is 8.48. The van der Waals surface area contributed by atoms with Gasteiger partial charge >= 0.3 is 0 Å². The van der Waals surface area contributed by atoms with E-state index in [-0.39, 0.29) is 17.8 Å². The number of carbonyl (C=O) groups excluding carboxylic acids is 1. The molecule has 1 aromatic carbocycles. The van der Waals surface area contributed by atoms with E-state index < -0.39 is 0 Å². The van der Waals surface area contributed by atoms with E-state index in [0.717, 1.165) is 18.5 Å². The number of hydrogen-bond donors (Lipinski definition) is 2. The molecule has 24 heavy (non-hydrogen) atoms. The number of rotatable bonds is 6. The molecule has 0 saturated heterocycles. The van der Waals surface area contributed by atoms with E-state index in [4.69, 9.17) is 10.5 Å². The average Bonchev–Trinajstić information content (AvgIpc) is 3.00. The van der Waals surface area contributed by atoms with E-state index in [9.17, 15) is 4.79 Å². The summed E-state index contributed by atoms with van der Waals surface area (Å²) < 4.78 is 5.15. The molecular formula is C17H19N5O2. The molecule has 1 aliphatic rings. The van der Waals surface area contributed by atoms with Crippen LogP contribution in [0, 0.1) is 0 Å². The fraction of sp³-hybridized carbons (Fsp3) is 0.294. The molecule has 0 radical (unpaired) electrons. The Morgan fingerprint density at radius 1 is 1.29 bits per heavy atom. The molecule has 1 aliphatic heterocycles. The molecular weight excluding hydrogens is 306 g/mol. The van der Waals surface area contributed by atoms with Crippen molar-refractivity contribution in [2.24, 2.45) is 10.7 Å². The van der Waals surface area contributed by atoms with Gasteiger partial charge in [0, 0.05) is 18.1 Å². The summed E-state index contributed by atoms with van der Waals surface area (Å²) in [6.45, 7) is 2.06. The third-order valence-corrected chi connectivity index (χ3v) is 3.77. The number of aromatic nitrogens is 2. The monoisotopic (exact) mass is 325 g/mol. The van der Waals surface area contributed by atoms with Crippen molar-refractivity contribution in [3.05, 3.63) is 47.8 Å². The van der Waals surface area contributed by atoms with E-state index in [2.05, 4.69) is 32.4 Å². The Hall–Kier alpha value is -2.96. The summed E-state index contributed by atoms with van der Waals surface area (Å²) in [4.78, 5) is 23.7. The molecule has 124 valence electrons. The molecule has 0 spiro atoms. The van der Waals surface area contributed by atoms with Crippen molar-refractivity contribution in [2.75, 3.05) is 11.9 Å². The lowest BCUT2D eigenvalue weighted by atomic mass is 10.1. The third-order valence-electron chi connectivity index (χ3n) is 3.77. The lowest BCUT2D eigenvalue weighted by Gasteiger charge is -2.08. The van der Waals surface area contributed by atoms with Gasteiger partial charge < -0.3 is 15.8 Å². The number of aryl methyl sites for hydroxylation is 1. The van der Waals surface area contributed by atoms with E-state index in [1.807, 2.05) is 12.1 Å². The first-order valence-electron chi connectivity index (χ1n) is 7.75. The van der Waals surface area contributed by atoms with Gasteiger partial charge in [0.1, 0.15) is 6.61 Å². The number of nitrogens with one attached hydrogen (secondary N) is 1. The number of anilines is 2. The summed E-state index contributed by atoms with van der Waals surface area (Å²) in [5.41, 5.74) is 8.10. The quantitative estimate of drug-likeness (QED) is 0.788. The maximum Gasteiger partial charge on any atom is 0.282 e.